The maximum atomic E-state index is 11.9. The molecule has 118 valence electrons. The van der Waals surface area contributed by atoms with Crippen LogP contribution in [0.4, 0.5) is 0 Å². The third kappa shape index (κ3) is 4.80. The van der Waals surface area contributed by atoms with Crippen LogP contribution in [0.1, 0.15) is 17.3 Å². The van der Waals surface area contributed by atoms with E-state index >= 15 is 0 Å². The van der Waals surface area contributed by atoms with Gasteiger partial charge in [0.05, 0.1) is 33.5 Å². The van der Waals surface area contributed by atoms with Gasteiger partial charge in [0.25, 0.3) is 0 Å². The van der Waals surface area contributed by atoms with Crippen molar-refractivity contribution < 1.29 is 33.5 Å². The van der Waals surface area contributed by atoms with Crippen molar-refractivity contribution in [3.8, 4) is 17.2 Å². The third-order valence-electron chi connectivity index (χ3n) is 2.55. The maximum absolute atomic E-state index is 11.9. The van der Waals surface area contributed by atoms with Crippen LogP contribution in [0.25, 0.3) is 0 Å². The van der Waals surface area contributed by atoms with E-state index in [-0.39, 0.29) is 12.2 Å². The molecule has 21 heavy (non-hydrogen) atoms. The molecule has 1 rings (SSSR count). The third-order valence-corrected chi connectivity index (χ3v) is 2.55. The molecule has 0 atom stereocenters. The number of hydrogen-bond acceptors (Lipinski definition) is 7. The summed E-state index contributed by atoms with van der Waals surface area (Å²) in [5.41, 5.74) is 0.223. The number of carbonyl (C=O) groups excluding carboxylic acids is 1. The highest BCUT2D eigenvalue weighted by Gasteiger charge is 2.18. The minimum absolute atomic E-state index is 0.157. The lowest BCUT2D eigenvalue weighted by Gasteiger charge is -2.13. The van der Waals surface area contributed by atoms with Crippen molar-refractivity contribution in [2.75, 3.05) is 41.2 Å². The number of carbonyl (C=O) groups is 1. The summed E-state index contributed by atoms with van der Waals surface area (Å²) >= 11 is 0. The lowest BCUT2D eigenvalue weighted by atomic mass is 10.2. The van der Waals surface area contributed by atoms with Gasteiger partial charge in [-0.3, -0.25) is 4.89 Å². The van der Waals surface area contributed by atoms with Crippen LogP contribution in [0.5, 0.6) is 17.2 Å². The molecule has 7 heteroatoms. The zero-order chi connectivity index (χ0) is 15.7. The Labute approximate surface area is 123 Å². The number of rotatable bonds is 9. The van der Waals surface area contributed by atoms with E-state index in [1.807, 2.05) is 6.92 Å². The van der Waals surface area contributed by atoms with E-state index in [2.05, 4.69) is 4.89 Å². The fourth-order valence-corrected chi connectivity index (χ4v) is 1.58. The first-order valence-corrected chi connectivity index (χ1v) is 6.39. The van der Waals surface area contributed by atoms with Gasteiger partial charge in [-0.2, -0.15) is 4.89 Å². The Hall–Kier alpha value is -1.99. The van der Waals surface area contributed by atoms with Crippen LogP contribution in [0.2, 0.25) is 0 Å². The number of ether oxygens (including phenoxy) is 4. The van der Waals surface area contributed by atoms with Crippen molar-refractivity contribution in [3.05, 3.63) is 17.7 Å². The van der Waals surface area contributed by atoms with E-state index in [1.54, 1.807) is 0 Å². The first kappa shape index (κ1) is 17.1. The summed E-state index contributed by atoms with van der Waals surface area (Å²) in [5, 5.41) is 0. The topological polar surface area (TPSA) is 72.5 Å². The predicted molar refractivity (Wildman–Crippen MR) is 74.0 cm³/mol. The molecule has 0 aliphatic rings. The predicted octanol–water partition coefficient (Wildman–Crippen LogP) is 1.84. The summed E-state index contributed by atoms with van der Waals surface area (Å²) in [6.45, 7) is 2.94. The molecule has 1 aromatic rings. The summed E-state index contributed by atoms with van der Waals surface area (Å²) in [7, 11) is 4.41. The monoisotopic (exact) mass is 300 g/mol. The van der Waals surface area contributed by atoms with Crippen LogP contribution in [0, 0.1) is 0 Å². The normalized spacial score (nSPS) is 10.1. The van der Waals surface area contributed by atoms with Crippen molar-refractivity contribution in [1.82, 2.24) is 0 Å². The molecular weight excluding hydrogens is 280 g/mol. The SMILES string of the molecule is CCOCCOOC(=O)c1cc(OC)c(OC)c(OC)c1. The Morgan fingerprint density at radius 2 is 1.62 bits per heavy atom. The second-order valence-corrected chi connectivity index (χ2v) is 3.80. The van der Waals surface area contributed by atoms with Gasteiger partial charge in [0.2, 0.25) is 5.75 Å². The van der Waals surface area contributed by atoms with E-state index in [0.29, 0.717) is 30.5 Å². The molecule has 0 bridgehead atoms. The summed E-state index contributed by atoms with van der Waals surface area (Å²) in [4.78, 5) is 21.3. The molecule has 1 aromatic carbocycles. The zero-order valence-electron chi connectivity index (χ0n) is 12.6. The number of hydrogen-bond donors (Lipinski definition) is 0. The molecule has 0 aliphatic heterocycles. The highest BCUT2D eigenvalue weighted by Crippen LogP contribution is 2.38. The molecule has 0 unspecified atom stereocenters. The van der Waals surface area contributed by atoms with Crippen LogP contribution >= 0.6 is 0 Å². The standard InChI is InChI=1S/C14H20O7/c1-5-19-6-7-20-21-14(15)10-8-11(16-2)13(18-4)12(9-10)17-3/h8-9H,5-7H2,1-4H3. The van der Waals surface area contributed by atoms with Crippen LogP contribution in [0.3, 0.4) is 0 Å². The highest BCUT2D eigenvalue weighted by atomic mass is 17.2. The Morgan fingerprint density at radius 1 is 1.00 bits per heavy atom. The zero-order valence-corrected chi connectivity index (χ0v) is 12.6. The molecular formula is C14H20O7. The van der Waals surface area contributed by atoms with Crippen molar-refractivity contribution in [3.63, 3.8) is 0 Å². The average molecular weight is 300 g/mol. The molecule has 0 saturated heterocycles. The first-order valence-electron chi connectivity index (χ1n) is 6.39. The minimum Gasteiger partial charge on any atom is -0.493 e. The summed E-state index contributed by atoms with van der Waals surface area (Å²) < 4.78 is 20.5. The molecule has 0 spiro atoms. The Kier molecular flexibility index (Phi) is 7.34. The van der Waals surface area contributed by atoms with Gasteiger partial charge in [-0.05, 0) is 19.1 Å². The van der Waals surface area contributed by atoms with Crippen molar-refractivity contribution >= 4 is 5.97 Å². The van der Waals surface area contributed by atoms with Crippen molar-refractivity contribution in [1.29, 1.82) is 0 Å². The van der Waals surface area contributed by atoms with Gasteiger partial charge in [-0.25, -0.2) is 4.79 Å². The Bertz CT molecular complexity index is 434. The summed E-state index contributed by atoms with van der Waals surface area (Å²) in [5.74, 6) is 0.454. The van der Waals surface area contributed by atoms with Gasteiger partial charge >= 0.3 is 5.97 Å². The van der Waals surface area contributed by atoms with Gasteiger partial charge in [-0.15, -0.1) is 0 Å². The summed E-state index contributed by atoms with van der Waals surface area (Å²) in [6.07, 6.45) is 0. The lowest BCUT2D eigenvalue weighted by molar-refractivity contribution is -0.247. The summed E-state index contributed by atoms with van der Waals surface area (Å²) in [6, 6.07) is 2.96. The van der Waals surface area contributed by atoms with Crippen molar-refractivity contribution in [2.45, 2.75) is 6.92 Å². The Balaban J connectivity index is 2.75. The fourth-order valence-electron chi connectivity index (χ4n) is 1.58. The van der Waals surface area contributed by atoms with Crippen LogP contribution in [0.15, 0.2) is 12.1 Å². The van der Waals surface area contributed by atoms with Crippen molar-refractivity contribution in [2.24, 2.45) is 0 Å². The molecule has 0 aliphatic carbocycles. The second kappa shape index (κ2) is 9.04. The molecule has 0 aromatic heterocycles. The average Bonchev–Trinajstić information content (AvgIpc) is 2.52. The van der Waals surface area contributed by atoms with Crippen LogP contribution < -0.4 is 14.2 Å². The molecule has 0 radical (unpaired) electrons. The van der Waals surface area contributed by atoms with Gasteiger partial charge in [0, 0.05) is 6.61 Å². The largest absolute Gasteiger partial charge is 0.493 e. The van der Waals surface area contributed by atoms with Gasteiger partial charge < -0.3 is 18.9 Å². The van der Waals surface area contributed by atoms with Gasteiger partial charge in [0.15, 0.2) is 11.5 Å². The van der Waals surface area contributed by atoms with Crippen LogP contribution in [-0.4, -0.2) is 47.1 Å². The van der Waals surface area contributed by atoms with E-state index in [1.165, 1.54) is 33.5 Å². The number of benzene rings is 1. The van der Waals surface area contributed by atoms with Gasteiger partial charge in [0.1, 0.15) is 6.61 Å². The molecule has 0 saturated carbocycles. The molecule has 7 nitrogen and oxygen atoms in total. The fraction of sp³-hybridized carbons (Fsp3) is 0.500. The highest BCUT2D eigenvalue weighted by molar-refractivity contribution is 5.90. The second-order valence-electron chi connectivity index (χ2n) is 3.80. The maximum Gasteiger partial charge on any atom is 0.373 e. The smallest absolute Gasteiger partial charge is 0.373 e. The first-order chi connectivity index (χ1) is 10.2. The lowest BCUT2D eigenvalue weighted by Crippen LogP contribution is -2.11. The molecule has 0 amide bonds. The van der Waals surface area contributed by atoms with E-state index in [0.717, 1.165) is 0 Å². The molecule has 0 heterocycles. The minimum atomic E-state index is -0.661. The van der Waals surface area contributed by atoms with E-state index in [9.17, 15) is 4.79 Å². The molecule has 0 fully saturated rings. The van der Waals surface area contributed by atoms with E-state index in [4.69, 9.17) is 23.8 Å². The van der Waals surface area contributed by atoms with Gasteiger partial charge in [-0.1, -0.05) is 0 Å². The van der Waals surface area contributed by atoms with Crippen LogP contribution in [-0.2, 0) is 14.5 Å². The Morgan fingerprint density at radius 3 is 2.10 bits per heavy atom. The number of methoxy groups -OCH3 is 3. The van der Waals surface area contributed by atoms with E-state index < -0.39 is 5.97 Å². The molecule has 0 N–H and O–H groups in total. The quantitative estimate of drug-likeness (QED) is 0.391.